The first-order valence-corrected chi connectivity index (χ1v) is 6.56. The van der Waals surface area contributed by atoms with Crippen LogP contribution in [-0.2, 0) is 7.05 Å². The van der Waals surface area contributed by atoms with E-state index in [1.807, 2.05) is 42.5 Å². The molecule has 0 aliphatic carbocycles. The van der Waals surface area contributed by atoms with E-state index in [2.05, 4.69) is 10.4 Å². The first-order valence-electron chi connectivity index (χ1n) is 6.56. The maximum Gasteiger partial charge on any atom is 0.262 e. The molecule has 0 aliphatic heterocycles. The van der Waals surface area contributed by atoms with Gasteiger partial charge in [-0.3, -0.25) is 9.48 Å². The number of anilines is 1. The summed E-state index contributed by atoms with van der Waals surface area (Å²) in [7, 11) is 3.24. The standard InChI is InChI=1S/C16H15N3O2/c1-19-10-13(16(18-19)21-2)15(20)17-14-9-5-7-11-6-3-4-8-12(11)14/h3-10H,1-2H3,(H,17,20). The highest BCUT2D eigenvalue weighted by atomic mass is 16.5. The molecule has 0 atom stereocenters. The molecule has 5 nitrogen and oxygen atoms in total. The van der Waals surface area contributed by atoms with Gasteiger partial charge in [-0.1, -0.05) is 36.4 Å². The third-order valence-corrected chi connectivity index (χ3v) is 3.27. The Morgan fingerprint density at radius 3 is 2.76 bits per heavy atom. The van der Waals surface area contributed by atoms with Crippen LogP contribution in [0.1, 0.15) is 10.4 Å². The SMILES string of the molecule is COc1nn(C)cc1C(=O)Nc1cccc2ccccc12. The molecule has 1 amide bonds. The molecule has 1 aromatic heterocycles. The normalized spacial score (nSPS) is 10.6. The van der Waals surface area contributed by atoms with Crippen LogP contribution < -0.4 is 10.1 Å². The highest BCUT2D eigenvalue weighted by Crippen LogP contribution is 2.24. The number of ether oxygens (including phenoxy) is 1. The van der Waals surface area contributed by atoms with Crippen molar-refractivity contribution in [1.29, 1.82) is 0 Å². The Balaban J connectivity index is 1.96. The monoisotopic (exact) mass is 281 g/mol. The number of fused-ring (bicyclic) bond motifs is 1. The molecule has 3 rings (SSSR count). The lowest BCUT2D eigenvalue weighted by Crippen LogP contribution is -2.12. The number of carbonyl (C=O) groups is 1. The first kappa shape index (κ1) is 13.2. The van der Waals surface area contributed by atoms with Crippen molar-refractivity contribution >= 4 is 22.4 Å². The second-order valence-corrected chi connectivity index (χ2v) is 4.71. The van der Waals surface area contributed by atoms with Crippen LogP contribution in [0.25, 0.3) is 10.8 Å². The molecule has 21 heavy (non-hydrogen) atoms. The van der Waals surface area contributed by atoms with E-state index in [0.29, 0.717) is 11.4 Å². The van der Waals surface area contributed by atoms with Crippen molar-refractivity contribution in [3.63, 3.8) is 0 Å². The van der Waals surface area contributed by atoms with Gasteiger partial charge in [0.15, 0.2) is 0 Å². The van der Waals surface area contributed by atoms with Crippen LogP contribution >= 0.6 is 0 Å². The maximum absolute atomic E-state index is 12.4. The largest absolute Gasteiger partial charge is 0.479 e. The topological polar surface area (TPSA) is 56.2 Å². The Hall–Kier alpha value is -2.82. The summed E-state index contributed by atoms with van der Waals surface area (Å²) < 4.78 is 6.67. The van der Waals surface area contributed by atoms with E-state index < -0.39 is 0 Å². The summed E-state index contributed by atoms with van der Waals surface area (Å²) in [5.74, 6) is 0.0755. The Kier molecular flexibility index (Phi) is 3.31. The van der Waals surface area contributed by atoms with Crippen LogP contribution in [0.15, 0.2) is 48.7 Å². The van der Waals surface area contributed by atoms with Crippen molar-refractivity contribution in [3.05, 3.63) is 54.2 Å². The van der Waals surface area contributed by atoms with Gasteiger partial charge in [-0.15, -0.1) is 5.10 Å². The van der Waals surface area contributed by atoms with Gasteiger partial charge < -0.3 is 10.1 Å². The highest BCUT2D eigenvalue weighted by molar-refractivity contribution is 6.10. The second-order valence-electron chi connectivity index (χ2n) is 4.71. The zero-order chi connectivity index (χ0) is 14.8. The minimum Gasteiger partial charge on any atom is -0.479 e. The fraction of sp³-hybridized carbons (Fsp3) is 0.125. The Morgan fingerprint density at radius 2 is 1.95 bits per heavy atom. The van der Waals surface area contributed by atoms with Gasteiger partial charge in [0, 0.05) is 24.3 Å². The summed E-state index contributed by atoms with van der Waals surface area (Å²) in [5, 5.41) is 9.08. The molecule has 0 bridgehead atoms. The van der Waals surface area contributed by atoms with Crippen molar-refractivity contribution in [3.8, 4) is 5.88 Å². The number of nitrogens with one attached hydrogen (secondary N) is 1. The molecule has 1 N–H and O–H groups in total. The average molecular weight is 281 g/mol. The quantitative estimate of drug-likeness (QED) is 0.803. The number of hydrogen-bond acceptors (Lipinski definition) is 3. The van der Waals surface area contributed by atoms with Gasteiger partial charge in [0.25, 0.3) is 5.91 Å². The van der Waals surface area contributed by atoms with E-state index in [4.69, 9.17) is 4.74 Å². The van der Waals surface area contributed by atoms with Gasteiger partial charge in [-0.05, 0) is 11.5 Å². The van der Waals surface area contributed by atoms with Gasteiger partial charge in [0.2, 0.25) is 5.88 Å². The van der Waals surface area contributed by atoms with Gasteiger partial charge in [-0.25, -0.2) is 0 Å². The first-order chi connectivity index (χ1) is 10.2. The number of benzene rings is 2. The Labute approximate surface area is 122 Å². The molecule has 0 saturated carbocycles. The van der Waals surface area contributed by atoms with Crippen LogP contribution in [0.3, 0.4) is 0 Å². The number of aryl methyl sites for hydroxylation is 1. The molecule has 0 fully saturated rings. The van der Waals surface area contributed by atoms with E-state index in [1.165, 1.54) is 7.11 Å². The predicted molar refractivity (Wildman–Crippen MR) is 81.7 cm³/mol. The van der Waals surface area contributed by atoms with Crippen molar-refractivity contribution < 1.29 is 9.53 Å². The van der Waals surface area contributed by atoms with Gasteiger partial charge >= 0.3 is 0 Å². The van der Waals surface area contributed by atoms with Crippen LogP contribution in [0.2, 0.25) is 0 Å². The number of methoxy groups -OCH3 is 1. The smallest absolute Gasteiger partial charge is 0.262 e. The minimum absolute atomic E-state index is 0.240. The number of rotatable bonds is 3. The second kappa shape index (κ2) is 5.28. The predicted octanol–water partition coefficient (Wildman–Crippen LogP) is 2.83. The maximum atomic E-state index is 12.4. The van der Waals surface area contributed by atoms with E-state index in [1.54, 1.807) is 17.9 Å². The number of carbonyl (C=O) groups excluding carboxylic acids is 1. The van der Waals surface area contributed by atoms with Crippen LogP contribution in [-0.4, -0.2) is 22.8 Å². The van der Waals surface area contributed by atoms with Crippen LogP contribution in [0.5, 0.6) is 5.88 Å². The zero-order valence-electron chi connectivity index (χ0n) is 11.8. The lowest BCUT2D eigenvalue weighted by Gasteiger charge is -2.08. The number of hydrogen-bond donors (Lipinski definition) is 1. The summed E-state index contributed by atoms with van der Waals surface area (Å²) in [6.07, 6.45) is 1.64. The van der Waals surface area contributed by atoms with E-state index in [-0.39, 0.29) is 5.91 Å². The minimum atomic E-state index is -0.240. The number of aromatic nitrogens is 2. The van der Waals surface area contributed by atoms with Crippen molar-refractivity contribution in [1.82, 2.24) is 9.78 Å². The summed E-state index contributed by atoms with van der Waals surface area (Å²) in [6.45, 7) is 0. The fourth-order valence-corrected chi connectivity index (χ4v) is 2.30. The van der Waals surface area contributed by atoms with Crippen molar-refractivity contribution in [2.45, 2.75) is 0 Å². The molecular formula is C16H15N3O2. The zero-order valence-corrected chi connectivity index (χ0v) is 11.8. The summed E-state index contributed by atoms with van der Waals surface area (Å²) in [6, 6.07) is 13.7. The molecule has 3 aromatic rings. The molecule has 0 radical (unpaired) electrons. The molecule has 0 spiro atoms. The van der Waals surface area contributed by atoms with Gasteiger partial charge in [0.05, 0.1) is 7.11 Å². The molecule has 0 aliphatic rings. The average Bonchev–Trinajstić information content (AvgIpc) is 2.89. The van der Waals surface area contributed by atoms with E-state index in [9.17, 15) is 4.79 Å². The molecule has 0 saturated heterocycles. The van der Waals surface area contributed by atoms with Crippen LogP contribution in [0, 0.1) is 0 Å². The highest BCUT2D eigenvalue weighted by Gasteiger charge is 2.17. The van der Waals surface area contributed by atoms with E-state index in [0.717, 1.165) is 16.5 Å². The van der Waals surface area contributed by atoms with Crippen LogP contribution in [0.4, 0.5) is 5.69 Å². The van der Waals surface area contributed by atoms with Crippen molar-refractivity contribution in [2.75, 3.05) is 12.4 Å². The molecule has 106 valence electrons. The Bertz CT molecular complexity index is 803. The molecule has 1 heterocycles. The fourth-order valence-electron chi connectivity index (χ4n) is 2.30. The molecule has 0 unspecified atom stereocenters. The lowest BCUT2D eigenvalue weighted by molar-refractivity contribution is 0.102. The molecule has 5 heteroatoms. The summed E-state index contributed by atoms with van der Waals surface area (Å²) >= 11 is 0. The van der Waals surface area contributed by atoms with Gasteiger partial charge in [-0.2, -0.15) is 0 Å². The summed E-state index contributed by atoms with van der Waals surface area (Å²) in [4.78, 5) is 12.4. The molecular weight excluding hydrogens is 266 g/mol. The van der Waals surface area contributed by atoms with E-state index >= 15 is 0 Å². The number of amides is 1. The van der Waals surface area contributed by atoms with Gasteiger partial charge in [0.1, 0.15) is 5.56 Å². The Morgan fingerprint density at radius 1 is 1.19 bits per heavy atom. The van der Waals surface area contributed by atoms with Crippen molar-refractivity contribution in [2.24, 2.45) is 7.05 Å². The summed E-state index contributed by atoms with van der Waals surface area (Å²) in [5.41, 5.74) is 1.18. The third kappa shape index (κ3) is 2.45. The molecule has 2 aromatic carbocycles. The third-order valence-electron chi connectivity index (χ3n) is 3.27. The number of nitrogens with zero attached hydrogens (tertiary/aromatic N) is 2. The lowest BCUT2D eigenvalue weighted by atomic mass is 10.1.